The minimum absolute atomic E-state index is 0.136. The van der Waals surface area contributed by atoms with Gasteiger partial charge in [-0.2, -0.15) is 0 Å². The normalized spacial score (nSPS) is 16.8. The number of carbonyl (C=O) groups is 1. The van der Waals surface area contributed by atoms with E-state index < -0.39 is 0 Å². The molecule has 2 N–H and O–H groups in total. The van der Waals surface area contributed by atoms with Gasteiger partial charge >= 0.3 is 6.03 Å². The van der Waals surface area contributed by atoms with Crippen LogP contribution in [0.2, 0.25) is 0 Å². The van der Waals surface area contributed by atoms with Gasteiger partial charge in [-0.1, -0.05) is 44.4 Å². The number of carbonyl (C=O) groups excluding carboxylic acids is 1. The lowest BCUT2D eigenvalue weighted by atomic mass is 9.92. The van der Waals surface area contributed by atoms with Crippen molar-refractivity contribution in [3.05, 3.63) is 29.8 Å². The molecular weight excluding hydrogens is 302 g/mol. The molecule has 1 aromatic carbocycles. The fraction of sp³-hybridized carbons (Fsp3) is 0.632. The van der Waals surface area contributed by atoms with E-state index in [9.17, 15) is 4.79 Å². The Bertz CT molecular complexity index is 494. The first-order valence-electron chi connectivity index (χ1n) is 9.07. The topological polar surface area (TPSA) is 53.6 Å². The molecule has 1 saturated heterocycles. The van der Waals surface area contributed by atoms with Gasteiger partial charge in [0.25, 0.3) is 0 Å². The second-order valence-electron chi connectivity index (χ2n) is 6.49. The van der Waals surface area contributed by atoms with Crippen molar-refractivity contribution in [3.63, 3.8) is 0 Å². The number of benzene rings is 1. The number of amides is 2. The van der Waals surface area contributed by atoms with Gasteiger partial charge in [-0.05, 0) is 25.0 Å². The molecule has 5 nitrogen and oxygen atoms in total. The van der Waals surface area contributed by atoms with E-state index >= 15 is 0 Å². The molecule has 1 fully saturated rings. The van der Waals surface area contributed by atoms with Crippen LogP contribution in [-0.2, 0) is 4.74 Å². The van der Waals surface area contributed by atoms with E-state index in [0.717, 1.165) is 44.8 Å². The summed E-state index contributed by atoms with van der Waals surface area (Å²) in [5.74, 6) is 0.586. The highest BCUT2D eigenvalue weighted by Gasteiger charge is 2.27. The van der Waals surface area contributed by atoms with E-state index in [-0.39, 0.29) is 6.03 Å². The first-order valence-corrected chi connectivity index (χ1v) is 9.07. The van der Waals surface area contributed by atoms with Crippen LogP contribution in [0.1, 0.15) is 32.3 Å². The summed E-state index contributed by atoms with van der Waals surface area (Å²) >= 11 is 0. The average molecular weight is 333 g/mol. The number of rotatable bonds is 7. The molecule has 0 aromatic heterocycles. The summed E-state index contributed by atoms with van der Waals surface area (Å²) in [6.45, 7) is 10.6. The van der Waals surface area contributed by atoms with Crippen LogP contribution in [-0.4, -0.2) is 49.8 Å². The van der Waals surface area contributed by atoms with Crippen LogP contribution in [0.15, 0.2) is 24.3 Å². The van der Waals surface area contributed by atoms with Crippen LogP contribution in [0, 0.1) is 12.8 Å². The van der Waals surface area contributed by atoms with Gasteiger partial charge < -0.3 is 15.4 Å². The number of nitrogens with one attached hydrogen (secondary N) is 2. The minimum Gasteiger partial charge on any atom is -0.379 e. The molecule has 1 heterocycles. The van der Waals surface area contributed by atoms with Crippen LogP contribution in [0.25, 0.3) is 0 Å². The SMILES string of the molecule is CCC(CC)[C@H](CNC(=O)Nc1ccc(C)cc1)N1CCOCC1. The number of morpholine rings is 1. The average Bonchev–Trinajstić information content (AvgIpc) is 2.61. The molecule has 1 aromatic rings. The zero-order valence-corrected chi connectivity index (χ0v) is 15.2. The third-order valence-corrected chi connectivity index (χ3v) is 4.89. The van der Waals surface area contributed by atoms with Crippen LogP contribution < -0.4 is 10.6 Å². The van der Waals surface area contributed by atoms with Crippen molar-refractivity contribution in [2.24, 2.45) is 5.92 Å². The van der Waals surface area contributed by atoms with Crippen molar-refractivity contribution in [1.82, 2.24) is 10.2 Å². The molecule has 134 valence electrons. The number of urea groups is 1. The zero-order valence-electron chi connectivity index (χ0n) is 15.2. The highest BCUT2D eigenvalue weighted by atomic mass is 16.5. The second kappa shape index (κ2) is 9.64. The summed E-state index contributed by atoms with van der Waals surface area (Å²) in [5.41, 5.74) is 2.01. The first-order chi connectivity index (χ1) is 11.6. The summed E-state index contributed by atoms with van der Waals surface area (Å²) < 4.78 is 5.47. The first kappa shape index (κ1) is 18.7. The lowest BCUT2D eigenvalue weighted by molar-refractivity contribution is 0.00247. The number of hydrogen-bond acceptors (Lipinski definition) is 3. The summed E-state index contributed by atoms with van der Waals surface area (Å²) in [4.78, 5) is 14.7. The lowest BCUT2D eigenvalue weighted by Gasteiger charge is -2.38. The lowest BCUT2D eigenvalue weighted by Crippen LogP contribution is -2.52. The molecule has 0 bridgehead atoms. The van der Waals surface area contributed by atoms with E-state index in [0.29, 0.717) is 18.5 Å². The van der Waals surface area contributed by atoms with Gasteiger partial charge in [0.1, 0.15) is 0 Å². The Balaban J connectivity index is 1.90. The van der Waals surface area contributed by atoms with Crippen LogP contribution in [0.4, 0.5) is 10.5 Å². The minimum atomic E-state index is -0.136. The Labute approximate surface area is 145 Å². The van der Waals surface area contributed by atoms with Crippen molar-refractivity contribution >= 4 is 11.7 Å². The van der Waals surface area contributed by atoms with E-state index in [1.807, 2.05) is 31.2 Å². The number of nitrogens with zero attached hydrogens (tertiary/aromatic N) is 1. The van der Waals surface area contributed by atoms with Crippen molar-refractivity contribution in [3.8, 4) is 0 Å². The quantitative estimate of drug-likeness (QED) is 0.805. The van der Waals surface area contributed by atoms with E-state index in [4.69, 9.17) is 4.74 Å². The van der Waals surface area contributed by atoms with Crippen LogP contribution in [0.3, 0.4) is 0 Å². The predicted octanol–water partition coefficient (Wildman–Crippen LogP) is 3.25. The number of ether oxygens (including phenoxy) is 1. The fourth-order valence-corrected chi connectivity index (χ4v) is 3.35. The number of aryl methyl sites for hydroxylation is 1. The maximum absolute atomic E-state index is 12.2. The molecule has 24 heavy (non-hydrogen) atoms. The zero-order chi connectivity index (χ0) is 17.4. The van der Waals surface area contributed by atoms with E-state index in [2.05, 4.69) is 29.4 Å². The molecule has 0 unspecified atom stereocenters. The van der Waals surface area contributed by atoms with Crippen molar-refractivity contribution in [2.75, 3.05) is 38.2 Å². The molecule has 0 aliphatic carbocycles. The molecule has 2 amide bonds. The maximum Gasteiger partial charge on any atom is 0.319 e. The Morgan fingerprint density at radius 2 is 1.79 bits per heavy atom. The smallest absolute Gasteiger partial charge is 0.319 e. The van der Waals surface area contributed by atoms with Gasteiger partial charge in [-0.25, -0.2) is 4.79 Å². The Hall–Kier alpha value is -1.59. The molecule has 1 aliphatic heterocycles. The summed E-state index contributed by atoms with van der Waals surface area (Å²) in [7, 11) is 0. The van der Waals surface area contributed by atoms with Gasteiger partial charge in [0.05, 0.1) is 13.2 Å². The van der Waals surface area contributed by atoms with Crippen molar-refractivity contribution < 1.29 is 9.53 Å². The highest BCUT2D eigenvalue weighted by molar-refractivity contribution is 5.89. The Morgan fingerprint density at radius 3 is 2.38 bits per heavy atom. The molecule has 2 rings (SSSR count). The van der Waals surface area contributed by atoms with E-state index in [1.165, 1.54) is 5.56 Å². The summed E-state index contributed by atoms with van der Waals surface area (Å²) in [6.07, 6.45) is 2.25. The van der Waals surface area contributed by atoms with Crippen LogP contribution in [0.5, 0.6) is 0 Å². The van der Waals surface area contributed by atoms with Crippen molar-refractivity contribution in [1.29, 1.82) is 0 Å². The summed E-state index contributed by atoms with van der Waals surface area (Å²) in [6, 6.07) is 8.08. The maximum atomic E-state index is 12.2. The number of hydrogen-bond donors (Lipinski definition) is 2. The van der Waals surface area contributed by atoms with E-state index in [1.54, 1.807) is 0 Å². The molecule has 0 spiro atoms. The second-order valence-corrected chi connectivity index (χ2v) is 6.49. The standard InChI is InChI=1S/C19H31N3O2/c1-4-16(5-2)18(22-10-12-24-13-11-22)14-20-19(23)21-17-8-6-15(3)7-9-17/h6-9,16,18H,4-5,10-14H2,1-3H3,(H2,20,21,23)/t18-/m0/s1. The van der Waals surface area contributed by atoms with Crippen molar-refractivity contribution in [2.45, 2.75) is 39.7 Å². The molecule has 1 atom stereocenters. The monoisotopic (exact) mass is 333 g/mol. The molecule has 5 heteroatoms. The molecule has 0 radical (unpaired) electrons. The van der Waals surface area contributed by atoms with Gasteiger partial charge in [0.2, 0.25) is 0 Å². The number of anilines is 1. The van der Waals surface area contributed by atoms with Gasteiger partial charge in [0, 0.05) is 31.4 Å². The summed E-state index contributed by atoms with van der Waals surface area (Å²) in [5, 5.41) is 5.97. The largest absolute Gasteiger partial charge is 0.379 e. The van der Waals surface area contributed by atoms with Gasteiger partial charge in [-0.15, -0.1) is 0 Å². The highest BCUT2D eigenvalue weighted by Crippen LogP contribution is 2.19. The molecule has 1 aliphatic rings. The predicted molar refractivity (Wildman–Crippen MR) is 98.5 cm³/mol. The van der Waals surface area contributed by atoms with Gasteiger partial charge in [-0.3, -0.25) is 4.90 Å². The molecule has 0 saturated carbocycles. The third kappa shape index (κ3) is 5.49. The van der Waals surface area contributed by atoms with Gasteiger partial charge in [0.15, 0.2) is 0 Å². The Morgan fingerprint density at radius 1 is 1.17 bits per heavy atom. The molecular formula is C19H31N3O2. The third-order valence-electron chi connectivity index (χ3n) is 4.89. The Kier molecular flexibility index (Phi) is 7.53. The fourth-order valence-electron chi connectivity index (χ4n) is 3.35. The van der Waals surface area contributed by atoms with Crippen LogP contribution >= 0.6 is 0 Å².